The molecule has 2 nitrogen and oxygen atoms in total. The topological polar surface area (TPSA) is 29.5 Å². The summed E-state index contributed by atoms with van der Waals surface area (Å²) in [4.78, 5) is 0. The fourth-order valence-electron chi connectivity index (χ4n) is 1.18. The molecule has 1 rings (SSSR count). The third-order valence-corrected chi connectivity index (χ3v) is 1.99. The number of aliphatic hydroxyl groups is 1. The summed E-state index contributed by atoms with van der Waals surface area (Å²) in [5.41, 5.74) is 0. The van der Waals surface area contributed by atoms with Crippen LogP contribution >= 0.6 is 0 Å². The Labute approximate surface area is 90.6 Å². The fraction of sp³-hybridized carbons (Fsp3) is 0.231. The molecule has 0 aromatic carbocycles. The van der Waals surface area contributed by atoms with Crippen molar-refractivity contribution in [3.63, 3.8) is 0 Å². The zero-order valence-corrected chi connectivity index (χ0v) is 8.94. The average Bonchev–Trinajstić information content (AvgIpc) is 2.27. The molecule has 0 amide bonds. The summed E-state index contributed by atoms with van der Waals surface area (Å²) < 4.78 is 5.59. The van der Waals surface area contributed by atoms with E-state index in [1.807, 2.05) is 25.2 Å². The first-order valence-corrected chi connectivity index (χ1v) is 4.98. The van der Waals surface area contributed by atoms with Crippen LogP contribution in [0.3, 0.4) is 0 Å². The van der Waals surface area contributed by atoms with Gasteiger partial charge in [-0.25, -0.2) is 0 Å². The van der Waals surface area contributed by atoms with E-state index in [4.69, 9.17) is 4.74 Å². The Bertz CT molecular complexity index is 344. The van der Waals surface area contributed by atoms with Gasteiger partial charge in [-0.2, -0.15) is 0 Å². The van der Waals surface area contributed by atoms with Crippen molar-refractivity contribution >= 4 is 0 Å². The van der Waals surface area contributed by atoms with Crippen LogP contribution in [0.4, 0.5) is 0 Å². The van der Waals surface area contributed by atoms with Crippen molar-refractivity contribution in [1.29, 1.82) is 0 Å². The standard InChI is InChI=1S/C13H16O2/c1-3-5-6-12(4-2)15-13-9-7-11(14)8-10-13/h3-7,9,14H,2,8,10H2,1H3/b5-3-,12-6+. The maximum Gasteiger partial charge on any atom is 0.126 e. The Morgan fingerprint density at radius 2 is 2.27 bits per heavy atom. The second-order valence-corrected chi connectivity index (χ2v) is 3.19. The van der Waals surface area contributed by atoms with Crippen molar-refractivity contribution in [3.05, 3.63) is 60.3 Å². The first-order valence-electron chi connectivity index (χ1n) is 4.98. The molecule has 15 heavy (non-hydrogen) atoms. The molecule has 0 atom stereocenters. The van der Waals surface area contributed by atoms with Gasteiger partial charge >= 0.3 is 0 Å². The van der Waals surface area contributed by atoms with E-state index < -0.39 is 0 Å². The molecular formula is C13H16O2. The highest BCUT2D eigenvalue weighted by molar-refractivity contribution is 5.22. The molecule has 0 unspecified atom stereocenters. The van der Waals surface area contributed by atoms with E-state index >= 15 is 0 Å². The molecule has 1 N–H and O–H groups in total. The van der Waals surface area contributed by atoms with Crippen LogP contribution in [0.1, 0.15) is 19.8 Å². The quantitative estimate of drug-likeness (QED) is 0.558. The van der Waals surface area contributed by atoms with Crippen LogP contribution in [0.15, 0.2) is 60.3 Å². The number of aliphatic hydroxyl groups excluding tert-OH is 1. The van der Waals surface area contributed by atoms with Crippen LogP contribution in [-0.2, 0) is 4.74 Å². The zero-order chi connectivity index (χ0) is 11.1. The number of hydrogen-bond acceptors (Lipinski definition) is 2. The van der Waals surface area contributed by atoms with Gasteiger partial charge in [-0.3, -0.25) is 0 Å². The molecule has 0 aromatic heterocycles. The van der Waals surface area contributed by atoms with Gasteiger partial charge in [0.25, 0.3) is 0 Å². The third kappa shape index (κ3) is 3.90. The van der Waals surface area contributed by atoms with E-state index in [9.17, 15) is 5.11 Å². The van der Waals surface area contributed by atoms with Crippen LogP contribution < -0.4 is 0 Å². The zero-order valence-electron chi connectivity index (χ0n) is 8.94. The van der Waals surface area contributed by atoms with E-state index in [2.05, 4.69) is 6.58 Å². The van der Waals surface area contributed by atoms with Crippen LogP contribution in [0.2, 0.25) is 0 Å². The van der Waals surface area contributed by atoms with Gasteiger partial charge in [-0.15, -0.1) is 0 Å². The average molecular weight is 204 g/mol. The molecule has 1 aliphatic rings. The molecule has 0 saturated carbocycles. The highest BCUT2D eigenvalue weighted by Gasteiger charge is 2.06. The van der Waals surface area contributed by atoms with Crippen LogP contribution in [0.5, 0.6) is 0 Å². The van der Waals surface area contributed by atoms with Crippen molar-refractivity contribution in [2.45, 2.75) is 19.8 Å². The molecule has 1 aliphatic carbocycles. The number of hydrogen-bond donors (Lipinski definition) is 1. The lowest BCUT2D eigenvalue weighted by Crippen LogP contribution is -1.96. The minimum absolute atomic E-state index is 0.403. The predicted molar refractivity (Wildman–Crippen MR) is 62.2 cm³/mol. The van der Waals surface area contributed by atoms with E-state index in [1.54, 1.807) is 18.2 Å². The van der Waals surface area contributed by atoms with Gasteiger partial charge in [0.05, 0.1) is 5.76 Å². The highest BCUT2D eigenvalue weighted by atomic mass is 16.5. The largest absolute Gasteiger partial charge is 0.512 e. The van der Waals surface area contributed by atoms with Crippen molar-refractivity contribution < 1.29 is 9.84 Å². The lowest BCUT2D eigenvalue weighted by molar-refractivity contribution is 0.289. The van der Waals surface area contributed by atoms with E-state index in [0.717, 1.165) is 12.2 Å². The molecule has 0 fully saturated rings. The Balaban J connectivity index is 2.64. The molecule has 80 valence electrons. The molecule has 0 heterocycles. The molecule has 0 aromatic rings. The van der Waals surface area contributed by atoms with E-state index in [-0.39, 0.29) is 0 Å². The summed E-state index contributed by atoms with van der Waals surface area (Å²) >= 11 is 0. The molecule has 0 aliphatic heterocycles. The van der Waals surface area contributed by atoms with Gasteiger partial charge in [-0.1, -0.05) is 18.7 Å². The summed E-state index contributed by atoms with van der Waals surface area (Å²) in [7, 11) is 0. The monoisotopic (exact) mass is 204 g/mol. The first-order chi connectivity index (χ1) is 7.26. The molecule has 0 bridgehead atoms. The SMILES string of the molecule is C=C/C(=C\C=C/C)OC1=CC=C(O)CC1. The lowest BCUT2D eigenvalue weighted by atomic mass is 10.1. The fourth-order valence-corrected chi connectivity index (χ4v) is 1.18. The smallest absolute Gasteiger partial charge is 0.126 e. The minimum atomic E-state index is 0.403. The van der Waals surface area contributed by atoms with E-state index in [1.165, 1.54) is 0 Å². The van der Waals surface area contributed by atoms with Crippen LogP contribution in [-0.4, -0.2) is 5.11 Å². The van der Waals surface area contributed by atoms with Gasteiger partial charge in [0, 0.05) is 12.8 Å². The van der Waals surface area contributed by atoms with Crippen molar-refractivity contribution in [1.82, 2.24) is 0 Å². The Morgan fingerprint density at radius 3 is 2.80 bits per heavy atom. The highest BCUT2D eigenvalue weighted by Crippen LogP contribution is 2.20. The normalized spacial score (nSPS) is 17.3. The second kappa shape index (κ2) is 5.91. The van der Waals surface area contributed by atoms with Gasteiger partial charge in [0.2, 0.25) is 0 Å². The molecule has 0 saturated heterocycles. The maximum atomic E-state index is 9.17. The first kappa shape index (κ1) is 11.4. The summed E-state index contributed by atoms with van der Waals surface area (Å²) in [6.07, 6.45) is 12.1. The summed E-state index contributed by atoms with van der Waals surface area (Å²) in [6.45, 7) is 5.62. The van der Waals surface area contributed by atoms with Gasteiger partial charge in [0.15, 0.2) is 0 Å². The summed E-state index contributed by atoms with van der Waals surface area (Å²) in [6, 6.07) is 0. The number of ether oxygens (including phenoxy) is 1. The summed E-state index contributed by atoms with van der Waals surface area (Å²) in [5, 5.41) is 9.17. The Morgan fingerprint density at radius 1 is 1.47 bits per heavy atom. The lowest BCUT2D eigenvalue weighted by Gasteiger charge is -2.12. The number of allylic oxidation sites excluding steroid dienone is 8. The van der Waals surface area contributed by atoms with Crippen molar-refractivity contribution in [2.24, 2.45) is 0 Å². The molecule has 0 spiro atoms. The molecule has 2 heteroatoms. The second-order valence-electron chi connectivity index (χ2n) is 3.19. The van der Waals surface area contributed by atoms with Crippen LogP contribution in [0.25, 0.3) is 0 Å². The minimum Gasteiger partial charge on any atom is -0.512 e. The number of rotatable bonds is 4. The molecule has 0 radical (unpaired) electrons. The predicted octanol–water partition coefficient (Wildman–Crippen LogP) is 3.77. The maximum absolute atomic E-state index is 9.17. The van der Waals surface area contributed by atoms with Crippen LogP contribution in [0, 0.1) is 0 Å². The van der Waals surface area contributed by atoms with Gasteiger partial charge in [-0.05, 0) is 31.2 Å². The molecular weight excluding hydrogens is 188 g/mol. The van der Waals surface area contributed by atoms with Gasteiger partial charge in [0.1, 0.15) is 11.5 Å². The third-order valence-electron chi connectivity index (χ3n) is 1.99. The van der Waals surface area contributed by atoms with Gasteiger partial charge < -0.3 is 9.84 Å². The van der Waals surface area contributed by atoms with Crippen molar-refractivity contribution in [2.75, 3.05) is 0 Å². The van der Waals surface area contributed by atoms with E-state index in [0.29, 0.717) is 17.9 Å². The Hall–Kier alpha value is -1.70. The van der Waals surface area contributed by atoms with Crippen molar-refractivity contribution in [3.8, 4) is 0 Å². The Kier molecular flexibility index (Phi) is 4.48. The summed E-state index contributed by atoms with van der Waals surface area (Å²) in [5.74, 6) is 1.97.